The van der Waals surface area contributed by atoms with Gasteiger partial charge in [-0.2, -0.15) is 4.98 Å². The van der Waals surface area contributed by atoms with Crippen molar-refractivity contribution in [2.24, 2.45) is 0 Å². The van der Waals surface area contributed by atoms with Crippen molar-refractivity contribution in [1.82, 2.24) is 20.1 Å². The van der Waals surface area contributed by atoms with E-state index in [4.69, 9.17) is 4.52 Å². The Morgan fingerprint density at radius 3 is 3.09 bits per heavy atom. The second-order valence-electron chi connectivity index (χ2n) is 5.94. The van der Waals surface area contributed by atoms with E-state index in [0.717, 1.165) is 48.8 Å². The molecular formula is C16H19N5OS. The molecule has 23 heavy (non-hydrogen) atoms. The van der Waals surface area contributed by atoms with Crippen LogP contribution in [0.1, 0.15) is 42.3 Å². The fraction of sp³-hybridized carbons (Fsp3) is 0.500. The van der Waals surface area contributed by atoms with Crippen LogP contribution in [0.2, 0.25) is 0 Å². The van der Waals surface area contributed by atoms with Gasteiger partial charge in [0, 0.05) is 30.8 Å². The molecule has 4 rings (SSSR count). The Kier molecular flexibility index (Phi) is 3.72. The van der Waals surface area contributed by atoms with E-state index in [1.807, 2.05) is 6.92 Å². The lowest BCUT2D eigenvalue weighted by Gasteiger charge is -2.32. The number of thiophene rings is 1. The number of nitrogens with zero attached hydrogens (tertiary/aromatic N) is 5. The lowest BCUT2D eigenvalue weighted by atomic mass is 9.97. The number of aromatic nitrogens is 4. The van der Waals surface area contributed by atoms with Gasteiger partial charge in [0.25, 0.3) is 0 Å². The highest BCUT2D eigenvalue weighted by molar-refractivity contribution is 7.18. The molecule has 6 nitrogen and oxygen atoms in total. The molecule has 1 aliphatic heterocycles. The van der Waals surface area contributed by atoms with Crippen molar-refractivity contribution in [3.05, 3.63) is 29.0 Å². The second-order valence-corrected chi connectivity index (χ2v) is 7.05. The molecule has 1 atom stereocenters. The molecule has 1 aliphatic rings. The fourth-order valence-electron chi connectivity index (χ4n) is 3.18. The van der Waals surface area contributed by atoms with Gasteiger partial charge in [0.15, 0.2) is 5.82 Å². The minimum absolute atomic E-state index is 0.301. The third-order valence-corrected chi connectivity index (χ3v) is 5.52. The Bertz CT molecular complexity index is 827. The molecular weight excluding hydrogens is 310 g/mol. The number of piperidine rings is 1. The summed E-state index contributed by atoms with van der Waals surface area (Å²) >= 11 is 1.76. The van der Waals surface area contributed by atoms with Gasteiger partial charge < -0.3 is 9.42 Å². The van der Waals surface area contributed by atoms with Gasteiger partial charge >= 0.3 is 0 Å². The van der Waals surface area contributed by atoms with Gasteiger partial charge in [-0.1, -0.05) is 12.1 Å². The van der Waals surface area contributed by atoms with Gasteiger partial charge in [0.1, 0.15) is 17.0 Å². The van der Waals surface area contributed by atoms with Gasteiger partial charge in [-0.3, -0.25) is 0 Å². The van der Waals surface area contributed by atoms with Crippen LogP contribution in [0, 0.1) is 6.92 Å². The summed E-state index contributed by atoms with van der Waals surface area (Å²) in [5.41, 5.74) is 0. The van der Waals surface area contributed by atoms with E-state index < -0.39 is 0 Å². The van der Waals surface area contributed by atoms with Gasteiger partial charge in [-0.15, -0.1) is 11.3 Å². The molecule has 120 valence electrons. The van der Waals surface area contributed by atoms with Crippen molar-refractivity contribution in [2.45, 2.75) is 39.0 Å². The number of anilines is 1. The molecule has 3 aromatic rings. The van der Waals surface area contributed by atoms with E-state index in [9.17, 15) is 0 Å². The van der Waals surface area contributed by atoms with Crippen molar-refractivity contribution >= 4 is 27.4 Å². The molecule has 3 aromatic heterocycles. The SMILES string of the molecule is CCc1cc2c(N3CCCC(c4noc(C)n4)C3)ncnc2s1. The average molecular weight is 329 g/mol. The number of fused-ring (bicyclic) bond motifs is 1. The normalized spacial score (nSPS) is 18.7. The summed E-state index contributed by atoms with van der Waals surface area (Å²) in [6.07, 6.45) is 4.91. The standard InChI is InChI=1S/C16H19N5OS/c1-3-12-7-13-15(17-9-18-16(13)23-12)21-6-4-5-11(8-21)14-19-10(2)22-20-14/h7,9,11H,3-6,8H2,1-2H3. The lowest BCUT2D eigenvalue weighted by Crippen LogP contribution is -2.35. The Labute approximate surface area is 138 Å². The monoisotopic (exact) mass is 329 g/mol. The predicted molar refractivity (Wildman–Crippen MR) is 90.0 cm³/mol. The minimum Gasteiger partial charge on any atom is -0.355 e. The van der Waals surface area contributed by atoms with Crippen LogP contribution in [0.25, 0.3) is 10.2 Å². The Morgan fingerprint density at radius 2 is 2.30 bits per heavy atom. The van der Waals surface area contributed by atoms with E-state index in [0.29, 0.717) is 11.8 Å². The second kappa shape index (κ2) is 5.88. The quantitative estimate of drug-likeness (QED) is 0.734. The molecule has 7 heteroatoms. The molecule has 1 fully saturated rings. The van der Waals surface area contributed by atoms with Crippen LogP contribution < -0.4 is 4.90 Å². The van der Waals surface area contributed by atoms with Crippen molar-refractivity contribution in [3.63, 3.8) is 0 Å². The molecule has 4 heterocycles. The maximum atomic E-state index is 5.14. The van der Waals surface area contributed by atoms with Gasteiger partial charge in [-0.05, 0) is 25.3 Å². The highest BCUT2D eigenvalue weighted by atomic mass is 32.1. The summed E-state index contributed by atoms with van der Waals surface area (Å²) in [7, 11) is 0. The van der Waals surface area contributed by atoms with Crippen LogP contribution in [0.3, 0.4) is 0 Å². The third-order valence-electron chi connectivity index (χ3n) is 4.34. The molecule has 1 saturated heterocycles. The first-order chi connectivity index (χ1) is 11.2. The molecule has 0 saturated carbocycles. The molecule has 1 unspecified atom stereocenters. The van der Waals surface area contributed by atoms with Crippen molar-refractivity contribution in [3.8, 4) is 0 Å². The first-order valence-corrected chi connectivity index (χ1v) is 8.85. The molecule has 0 bridgehead atoms. The first-order valence-electron chi connectivity index (χ1n) is 8.03. The Hall–Kier alpha value is -2.02. The summed E-state index contributed by atoms with van der Waals surface area (Å²) in [5.74, 6) is 2.79. The highest BCUT2D eigenvalue weighted by Gasteiger charge is 2.27. The van der Waals surface area contributed by atoms with Crippen molar-refractivity contribution in [1.29, 1.82) is 0 Å². The topological polar surface area (TPSA) is 67.9 Å². The number of hydrogen-bond acceptors (Lipinski definition) is 7. The van der Waals surface area contributed by atoms with Crippen LogP contribution >= 0.6 is 11.3 Å². The van der Waals surface area contributed by atoms with Gasteiger partial charge in [0.05, 0.1) is 5.39 Å². The van der Waals surface area contributed by atoms with E-state index in [-0.39, 0.29) is 0 Å². The zero-order valence-corrected chi connectivity index (χ0v) is 14.1. The molecule has 0 amide bonds. The van der Waals surface area contributed by atoms with Crippen molar-refractivity contribution in [2.75, 3.05) is 18.0 Å². The van der Waals surface area contributed by atoms with E-state index >= 15 is 0 Å². The summed E-state index contributed by atoms with van der Waals surface area (Å²) in [6, 6.07) is 2.23. The van der Waals surface area contributed by atoms with Crippen molar-refractivity contribution < 1.29 is 4.52 Å². The van der Waals surface area contributed by atoms with E-state index in [1.54, 1.807) is 17.7 Å². The molecule has 0 aromatic carbocycles. The molecule has 0 radical (unpaired) electrons. The van der Waals surface area contributed by atoms with E-state index in [1.165, 1.54) is 10.3 Å². The lowest BCUT2D eigenvalue weighted by molar-refractivity contribution is 0.377. The molecule has 0 aliphatic carbocycles. The minimum atomic E-state index is 0.301. The summed E-state index contributed by atoms with van der Waals surface area (Å²) in [6.45, 7) is 5.90. The molecule has 0 spiro atoms. The third kappa shape index (κ3) is 2.69. The van der Waals surface area contributed by atoms with Crippen LogP contribution in [0.15, 0.2) is 16.9 Å². The van der Waals surface area contributed by atoms with Crippen LogP contribution in [-0.2, 0) is 6.42 Å². The maximum Gasteiger partial charge on any atom is 0.223 e. The van der Waals surface area contributed by atoms with Gasteiger partial charge in [0.2, 0.25) is 5.89 Å². The zero-order chi connectivity index (χ0) is 15.8. The van der Waals surface area contributed by atoms with Crippen LogP contribution in [0.5, 0.6) is 0 Å². The maximum absolute atomic E-state index is 5.14. The predicted octanol–water partition coefficient (Wildman–Crippen LogP) is 3.33. The molecule has 0 N–H and O–H groups in total. The van der Waals surface area contributed by atoms with Crippen LogP contribution in [0.4, 0.5) is 5.82 Å². The Balaban J connectivity index is 1.66. The number of rotatable bonds is 3. The first kappa shape index (κ1) is 14.6. The van der Waals surface area contributed by atoms with Gasteiger partial charge in [-0.25, -0.2) is 9.97 Å². The number of aryl methyl sites for hydroxylation is 2. The number of hydrogen-bond donors (Lipinski definition) is 0. The highest BCUT2D eigenvalue weighted by Crippen LogP contribution is 2.34. The zero-order valence-electron chi connectivity index (χ0n) is 13.3. The summed E-state index contributed by atoms with van der Waals surface area (Å²) in [4.78, 5) is 18.2. The summed E-state index contributed by atoms with van der Waals surface area (Å²) in [5, 5.41) is 5.27. The largest absolute Gasteiger partial charge is 0.355 e. The smallest absolute Gasteiger partial charge is 0.223 e. The fourth-order valence-corrected chi connectivity index (χ4v) is 4.11. The van der Waals surface area contributed by atoms with E-state index in [2.05, 4.69) is 38.0 Å². The van der Waals surface area contributed by atoms with Crippen LogP contribution in [-0.4, -0.2) is 33.2 Å². The summed E-state index contributed by atoms with van der Waals surface area (Å²) < 4.78 is 5.14. The Morgan fingerprint density at radius 1 is 1.39 bits per heavy atom. The average Bonchev–Trinajstić information content (AvgIpc) is 3.20.